The molecule has 0 bridgehead atoms. The minimum Gasteiger partial charge on any atom is -0.481 e. The van der Waals surface area contributed by atoms with Crippen molar-refractivity contribution in [2.24, 2.45) is 0 Å². The highest BCUT2D eigenvalue weighted by Crippen LogP contribution is 1.99. The SMILES string of the molecule is CC(NC(=O)[C@@H](O)[C@H](O)C(=O)NC(C)OCCC(=O)O)OCCC(=O)O. The van der Waals surface area contributed by atoms with Gasteiger partial charge in [-0.15, -0.1) is 0 Å². The lowest BCUT2D eigenvalue weighted by Gasteiger charge is -2.22. The largest absolute Gasteiger partial charge is 0.481 e. The van der Waals surface area contributed by atoms with Crippen LogP contribution in [0.15, 0.2) is 0 Å². The number of carboxylic acid groups (broad SMARTS) is 2. The van der Waals surface area contributed by atoms with E-state index in [2.05, 4.69) is 10.6 Å². The summed E-state index contributed by atoms with van der Waals surface area (Å²) < 4.78 is 9.94. The molecule has 26 heavy (non-hydrogen) atoms. The molecule has 0 aromatic heterocycles. The van der Waals surface area contributed by atoms with Gasteiger partial charge in [-0.1, -0.05) is 0 Å². The Balaban J connectivity index is 4.30. The number of carboxylic acids is 2. The van der Waals surface area contributed by atoms with E-state index >= 15 is 0 Å². The van der Waals surface area contributed by atoms with Gasteiger partial charge in [-0.3, -0.25) is 19.2 Å². The Bertz CT molecular complexity index is 454. The average Bonchev–Trinajstić information content (AvgIpc) is 2.52. The molecule has 0 aromatic carbocycles. The molecular formula is C14H24N2O10. The molecule has 150 valence electrons. The highest BCUT2D eigenvalue weighted by molar-refractivity contribution is 5.90. The van der Waals surface area contributed by atoms with Crippen molar-refractivity contribution >= 4 is 23.8 Å². The molecule has 4 atom stereocenters. The predicted molar refractivity (Wildman–Crippen MR) is 83.6 cm³/mol. The van der Waals surface area contributed by atoms with Crippen molar-refractivity contribution in [2.45, 2.75) is 51.4 Å². The third kappa shape index (κ3) is 10.6. The molecule has 0 rings (SSSR count). The van der Waals surface area contributed by atoms with Gasteiger partial charge in [-0.2, -0.15) is 0 Å². The number of aliphatic hydroxyl groups excluding tert-OH is 2. The van der Waals surface area contributed by atoms with Crippen LogP contribution in [-0.4, -0.2) is 82.1 Å². The van der Waals surface area contributed by atoms with E-state index in [9.17, 15) is 29.4 Å². The van der Waals surface area contributed by atoms with E-state index in [4.69, 9.17) is 19.7 Å². The van der Waals surface area contributed by atoms with E-state index < -0.39 is 48.4 Å². The van der Waals surface area contributed by atoms with Gasteiger partial charge in [-0.25, -0.2) is 0 Å². The summed E-state index contributed by atoms with van der Waals surface area (Å²) in [6.45, 7) is 2.39. The minimum atomic E-state index is -2.10. The van der Waals surface area contributed by atoms with Crippen molar-refractivity contribution in [3.63, 3.8) is 0 Å². The summed E-state index contributed by atoms with van der Waals surface area (Å²) in [5.41, 5.74) is 0. The summed E-state index contributed by atoms with van der Waals surface area (Å²) in [7, 11) is 0. The second kappa shape index (κ2) is 12.1. The molecule has 0 saturated heterocycles. The molecule has 0 spiro atoms. The number of aliphatic carboxylic acids is 2. The van der Waals surface area contributed by atoms with Crippen LogP contribution in [0, 0.1) is 0 Å². The lowest BCUT2D eigenvalue weighted by Crippen LogP contribution is -2.53. The van der Waals surface area contributed by atoms with Crippen LogP contribution in [0.25, 0.3) is 0 Å². The summed E-state index contributed by atoms with van der Waals surface area (Å²) in [5.74, 6) is -4.38. The van der Waals surface area contributed by atoms with Gasteiger partial charge in [0.25, 0.3) is 11.8 Å². The molecule has 0 aliphatic carbocycles. The van der Waals surface area contributed by atoms with Crippen LogP contribution in [0.1, 0.15) is 26.7 Å². The Morgan fingerprint density at radius 3 is 1.35 bits per heavy atom. The number of rotatable bonds is 13. The van der Waals surface area contributed by atoms with Gasteiger partial charge in [0.2, 0.25) is 0 Å². The number of amides is 2. The quantitative estimate of drug-likeness (QED) is 0.188. The van der Waals surface area contributed by atoms with Gasteiger partial charge in [0.05, 0.1) is 26.1 Å². The van der Waals surface area contributed by atoms with Gasteiger partial charge < -0.3 is 40.5 Å². The number of aliphatic hydroxyl groups is 2. The molecule has 0 saturated carbocycles. The molecule has 2 amide bonds. The number of carbonyl (C=O) groups is 4. The molecule has 2 unspecified atom stereocenters. The fraction of sp³-hybridized carbons (Fsp3) is 0.714. The fourth-order valence-electron chi connectivity index (χ4n) is 1.59. The monoisotopic (exact) mass is 380 g/mol. The maximum absolute atomic E-state index is 11.7. The summed E-state index contributed by atoms with van der Waals surface area (Å²) >= 11 is 0. The van der Waals surface area contributed by atoms with Gasteiger partial charge in [0.15, 0.2) is 12.2 Å². The number of ether oxygens (including phenoxy) is 2. The average molecular weight is 380 g/mol. The Morgan fingerprint density at radius 2 is 1.08 bits per heavy atom. The van der Waals surface area contributed by atoms with Gasteiger partial charge >= 0.3 is 11.9 Å². The van der Waals surface area contributed by atoms with Crippen LogP contribution in [-0.2, 0) is 28.7 Å². The molecule has 0 aliphatic heterocycles. The summed E-state index contributed by atoms with van der Waals surface area (Å²) in [5, 5.41) is 40.6. The Hall–Kier alpha value is -2.28. The number of carbonyl (C=O) groups excluding carboxylic acids is 2. The van der Waals surface area contributed by atoms with Crippen LogP contribution in [0.5, 0.6) is 0 Å². The Kier molecular flexibility index (Phi) is 11.1. The van der Waals surface area contributed by atoms with Crippen LogP contribution >= 0.6 is 0 Å². The number of nitrogens with one attached hydrogen (secondary N) is 2. The zero-order valence-electron chi connectivity index (χ0n) is 14.4. The minimum absolute atomic E-state index is 0.179. The predicted octanol–water partition coefficient (Wildman–Crippen LogP) is -2.38. The van der Waals surface area contributed by atoms with Crippen molar-refractivity contribution < 1.29 is 49.1 Å². The van der Waals surface area contributed by atoms with Gasteiger partial charge in [0.1, 0.15) is 12.5 Å². The Morgan fingerprint density at radius 1 is 0.769 bits per heavy atom. The molecule has 0 aliphatic rings. The van der Waals surface area contributed by atoms with Crippen molar-refractivity contribution in [1.29, 1.82) is 0 Å². The molecule has 0 heterocycles. The molecular weight excluding hydrogens is 356 g/mol. The van der Waals surface area contributed by atoms with Gasteiger partial charge in [-0.05, 0) is 13.8 Å². The molecule has 12 nitrogen and oxygen atoms in total. The van der Waals surface area contributed by atoms with E-state index in [1.165, 1.54) is 13.8 Å². The molecule has 6 N–H and O–H groups in total. The maximum atomic E-state index is 11.7. The van der Waals surface area contributed by atoms with E-state index in [1.54, 1.807) is 0 Å². The van der Waals surface area contributed by atoms with Crippen LogP contribution in [0.3, 0.4) is 0 Å². The summed E-state index contributed by atoms with van der Waals surface area (Å²) in [4.78, 5) is 44.1. The first-order chi connectivity index (χ1) is 12.0. The maximum Gasteiger partial charge on any atom is 0.305 e. The third-order valence-corrected chi connectivity index (χ3v) is 2.89. The normalized spacial score (nSPS) is 15.4. The third-order valence-electron chi connectivity index (χ3n) is 2.89. The van der Waals surface area contributed by atoms with Crippen LogP contribution in [0.2, 0.25) is 0 Å². The topological polar surface area (TPSA) is 192 Å². The van der Waals surface area contributed by atoms with Crippen molar-refractivity contribution in [2.75, 3.05) is 13.2 Å². The van der Waals surface area contributed by atoms with E-state index in [1.807, 2.05) is 0 Å². The molecule has 0 aromatic rings. The first kappa shape index (κ1) is 23.7. The zero-order chi connectivity index (χ0) is 20.3. The van der Waals surface area contributed by atoms with E-state index in [0.29, 0.717) is 0 Å². The lowest BCUT2D eigenvalue weighted by atomic mass is 10.1. The van der Waals surface area contributed by atoms with Crippen molar-refractivity contribution in [3.8, 4) is 0 Å². The highest BCUT2D eigenvalue weighted by atomic mass is 16.5. The summed E-state index contributed by atoms with van der Waals surface area (Å²) in [6.07, 6.45) is -6.69. The first-order valence-electron chi connectivity index (χ1n) is 7.68. The second-order valence-corrected chi connectivity index (χ2v) is 5.22. The zero-order valence-corrected chi connectivity index (χ0v) is 14.4. The first-order valence-corrected chi connectivity index (χ1v) is 7.68. The highest BCUT2D eigenvalue weighted by Gasteiger charge is 2.31. The number of hydrogen-bond donors (Lipinski definition) is 6. The fourth-order valence-corrected chi connectivity index (χ4v) is 1.59. The standard InChI is InChI=1S/C14H24N2O10/c1-7(25-5-3-9(17)18)15-13(23)11(21)12(22)14(24)16-8(2)26-6-4-10(19)20/h7-8,11-12,21-22H,3-6H2,1-2H3,(H,15,23)(H,16,24)(H,17,18)(H,19,20)/t7?,8?,11-,12-/m0/s1. The van der Waals surface area contributed by atoms with Crippen LogP contribution < -0.4 is 10.6 Å². The molecule has 12 heteroatoms. The van der Waals surface area contributed by atoms with E-state index in [0.717, 1.165) is 0 Å². The summed E-state index contributed by atoms with van der Waals surface area (Å²) in [6, 6.07) is 0. The van der Waals surface area contributed by atoms with E-state index in [-0.39, 0.29) is 26.1 Å². The second-order valence-electron chi connectivity index (χ2n) is 5.22. The van der Waals surface area contributed by atoms with Gasteiger partial charge in [0, 0.05) is 0 Å². The Labute approximate surface area is 149 Å². The van der Waals surface area contributed by atoms with Crippen LogP contribution in [0.4, 0.5) is 0 Å². The molecule has 0 radical (unpaired) electrons. The van der Waals surface area contributed by atoms with Crippen molar-refractivity contribution in [3.05, 3.63) is 0 Å². The lowest BCUT2D eigenvalue weighted by molar-refractivity contribution is -0.151. The smallest absolute Gasteiger partial charge is 0.305 e. The number of hydrogen-bond acceptors (Lipinski definition) is 8. The van der Waals surface area contributed by atoms with Crippen molar-refractivity contribution in [1.82, 2.24) is 10.6 Å². The molecule has 0 fully saturated rings.